The quantitative estimate of drug-likeness (QED) is 0.731. The van der Waals surface area contributed by atoms with Crippen LogP contribution in [0.3, 0.4) is 0 Å². The van der Waals surface area contributed by atoms with E-state index in [9.17, 15) is 8.78 Å². The molecule has 1 unspecified atom stereocenters. The molecule has 2 aromatic heterocycles. The van der Waals surface area contributed by atoms with Gasteiger partial charge in [-0.1, -0.05) is 20.8 Å². The van der Waals surface area contributed by atoms with Crippen LogP contribution in [0.2, 0.25) is 0 Å². The molecule has 0 saturated carbocycles. The molecule has 1 aliphatic rings. The third kappa shape index (κ3) is 3.74. The number of anilines is 1. The van der Waals surface area contributed by atoms with E-state index in [4.69, 9.17) is 0 Å². The number of benzene rings is 1. The minimum Gasteiger partial charge on any atom is -0.365 e. The molecule has 0 saturated heterocycles. The first-order chi connectivity index (χ1) is 13.3. The Kier molecular flexibility index (Phi) is 4.61. The number of nitrogens with zero attached hydrogens (tertiary/aromatic N) is 4. The van der Waals surface area contributed by atoms with Gasteiger partial charge in [0.25, 0.3) is 0 Å². The van der Waals surface area contributed by atoms with Crippen molar-refractivity contribution < 1.29 is 8.78 Å². The minimum atomic E-state index is -0.596. The van der Waals surface area contributed by atoms with Gasteiger partial charge in [0.15, 0.2) is 0 Å². The zero-order valence-corrected chi connectivity index (χ0v) is 16.2. The van der Waals surface area contributed by atoms with Gasteiger partial charge >= 0.3 is 0 Å². The van der Waals surface area contributed by atoms with Crippen LogP contribution < -0.4 is 5.32 Å². The van der Waals surface area contributed by atoms with Crippen molar-refractivity contribution in [2.75, 3.05) is 5.32 Å². The van der Waals surface area contributed by atoms with Crippen molar-refractivity contribution in [2.24, 2.45) is 0 Å². The van der Waals surface area contributed by atoms with Gasteiger partial charge in [0, 0.05) is 48.4 Å². The van der Waals surface area contributed by atoms with Crippen molar-refractivity contribution in [3.05, 3.63) is 59.9 Å². The molecule has 0 aliphatic carbocycles. The predicted octanol–water partition coefficient (Wildman–Crippen LogP) is 4.34. The fraction of sp³-hybridized carbons (Fsp3) is 0.381. The largest absolute Gasteiger partial charge is 0.365 e. The molecule has 3 aromatic rings. The zero-order chi connectivity index (χ0) is 19.9. The summed E-state index contributed by atoms with van der Waals surface area (Å²) in [6, 6.07) is 5.64. The number of nitrogens with one attached hydrogen (secondary N) is 1. The van der Waals surface area contributed by atoms with Gasteiger partial charge in [-0.3, -0.25) is 0 Å². The number of hydrogen-bond donors (Lipinski definition) is 1. The van der Waals surface area contributed by atoms with Crippen LogP contribution in [0.1, 0.15) is 38.8 Å². The lowest BCUT2D eigenvalue weighted by Gasteiger charge is -2.25. The second-order valence-corrected chi connectivity index (χ2v) is 8.21. The second kappa shape index (κ2) is 6.96. The van der Waals surface area contributed by atoms with E-state index in [1.54, 1.807) is 6.20 Å². The lowest BCUT2D eigenvalue weighted by Crippen LogP contribution is -2.31. The number of halogens is 2. The molecule has 28 heavy (non-hydrogen) atoms. The molecule has 0 bridgehead atoms. The molecule has 3 heterocycles. The third-order valence-corrected chi connectivity index (χ3v) is 4.88. The van der Waals surface area contributed by atoms with E-state index in [2.05, 4.69) is 41.0 Å². The number of aryl methyl sites for hydroxylation is 1. The zero-order valence-electron chi connectivity index (χ0n) is 16.2. The van der Waals surface area contributed by atoms with Crippen molar-refractivity contribution in [3.63, 3.8) is 0 Å². The van der Waals surface area contributed by atoms with Crippen LogP contribution in [0, 0.1) is 11.6 Å². The summed E-state index contributed by atoms with van der Waals surface area (Å²) in [5, 5.41) is 3.48. The number of imidazole rings is 1. The Hall–Kier alpha value is -2.83. The molecule has 0 radical (unpaired) electrons. The topological polar surface area (TPSA) is 55.6 Å². The standard InChI is InChI=1S/C21H23F2N5/c1-21(2,3)20-24-9-8-18(27-20)25-14-5-7-19-26-17(12-28(19)11-14)15-6-4-13(22)10-16(15)23/h4,6,8-10,12,14H,5,7,11H2,1-3H3,(H,24,25,27). The highest BCUT2D eigenvalue weighted by atomic mass is 19.1. The van der Waals surface area contributed by atoms with Crippen LogP contribution in [0.4, 0.5) is 14.6 Å². The van der Waals surface area contributed by atoms with E-state index < -0.39 is 11.6 Å². The lowest BCUT2D eigenvalue weighted by molar-refractivity contribution is 0.474. The average molecular weight is 383 g/mol. The van der Waals surface area contributed by atoms with Gasteiger partial charge in [-0.25, -0.2) is 23.7 Å². The molecule has 5 nitrogen and oxygen atoms in total. The maximum atomic E-state index is 14.1. The van der Waals surface area contributed by atoms with Gasteiger partial charge in [0.1, 0.15) is 29.1 Å². The molecule has 0 amide bonds. The Morgan fingerprint density at radius 2 is 1.96 bits per heavy atom. The maximum absolute atomic E-state index is 14.1. The van der Waals surface area contributed by atoms with Crippen molar-refractivity contribution >= 4 is 5.82 Å². The third-order valence-electron chi connectivity index (χ3n) is 4.88. The fourth-order valence-corrected chi connectivity index (χ4v) is 3.40. The first-order valence-electron chi connectivity index (χ1n) is 9.41. The number of hydrogen-bond acceptors (Lipinski definition) is 4. The van der Waals surface area contributed by atoms with Gasteiger partial charge in [-0.05, 0) is 24.6 Å². The summed E-state index contributed by atoms with van der Waals surface area (Å²) in [7, 11) is 0. The van der Waals surface area contributed by atoms with E-state index >= 15 is 0 Å². The highest BCUT2D eigenvalue weighted by Crippen LogP contribution is 2.26. The molecule has 1 N–H and O–H groups in total. The Morgan fingerprint density at radius 3 is 2.71 bits per heavy atom. The van der Waals surface area contributed by atoms with Crippen LogP contribution in [-0.4, -0.2) is 25.6 Å². The van der Waals surface area contributed by atoms with Gasteiger partial charge in [-0.15, -0.1) is 0 Å². The molecule has 146 valence electrons. The second-order valence-electron chi connectivity index (χ2n) is 8.21. The smallest absolute Gasteiger partial charge is 0.135 e. The van der Waals surface area contributed by atoms with Crippen LogP contribution in [0.25, 0.3) is 11.3 Å². The van der Waals surface area contributed by atoms with E-state index in [1.165, 1.54) is 12.1 Å². The van der Waals surface area contributed by atoms with Gasteiger partial charge in [-0.2, -0.15) is 0 Å². The van der Waals surface area contributed by atoms with Crippen molar-refractivity contribution in [3.8, 4) is 11.3 Å². The molecule has 1 aliphatic heterocycles. The van der Waals surface area contributed by atoms with Crippen molar-refractivity contribution in [2.45, 2.75) is 51.6 Å². The van der Waals surface area contributed by atoms with Crippen molar-refractivity contribution in [1.82, 2.24) is 19.5 Å². The minimum absolute atomic E-state index is 0.115. The molecule has 0 spiro atoms. The summed E-state index contributed by atoms with van der Waals surface area (Å²) in [4.78, 5) is 13.5. The molecule has 4 rings (SSSR count). The highest BCUT2D eigenvalue weighted by Gasteiger charge is 2.23. The normalized spacial score (nSPS) is 16.7. The molecule has 0 fully saturated rings. The summed E-state index contributed by atoms with van der Waals surface area (Å²) in [5.41, 5.74) is 0.735. The number of fused-ring (bicyclic) bond motifs is 1. The van der Waals surface area contributed by atoms with E-state index in [0.717, 1.165) is 36.4 Å². The van der Waals surface area contributed by atoms with Crippen molar-refractivity contribution in [1.29, 1.82) is 0 Å². The summed E-state index contributed by atoms with van der Waals surface area (Å²) >= 11 is 0. The monoisotopic (exact) mass is 383 g/mol. The Balaban J connectivity index is 1.52. The average Bonchev–Trinajstić information content (AvgIpc) is 3.04. The van der Waals surface area contributed by atoms with Gasteiger partial charge < -0.3 is 9.88 Å². The summed E-state index contributed by atoms with van der Waals surface area (Å²) < 4.78 is 29.3. The van der Waals surface area contributed by atoms with Crippen LogP contribution in [-0.2, 0) is 18.4 Å². The van der Waals surface area contributed by atoms with E-state index in [-0.39, 0.29) is 11.5 Å². The highest BCUT2D eigenvalue weighted by molar-refractivity contribution is 5.59. The SMILES string of the molecule is CC(C)(C)c1nccc(NC2CCc3nc(-c4ccc(F)cc4F)cn3C2)n1. The molecular formula is C21H23F2N5. The van der Waals surface area contributed by atoms with Gasteiger partial charge in [0.05, 0.1) is 5.69 Å². The fourth-order valence-electron chi connectivity index (χ4n) is 3.40. The van der Waals surface area contributed by atoms with E-state index in [0.29, 0.717) is 17.8 Å². The Bertz CT molecular complexity index is 1010. The molecular weight excluding hydrogens is 360 g/mol. The molecule has 1 atom stereocenters. The first-order valence-corrected chi connectivity index (χ1v) is 9.41. The van der Waals surface area contributed by atoms with Gasteiger partial charge in [0.2, 0.25) is 0 Å². The number of rotatable bonds is 3. The molecule has 1 aromatic carbocycles. The van der Waals surface area contributed by atoms with Crippen LogP contribution in [0.5, 0.6) is 0 Å². The van der Waals surface area contributed by atoms with E-state index in [1.807, 2.05) is 16.8 Å². The Labute approximate surface area is 162 Å². The lowest BCUT2D eigenvalue weighted by atomic mass is 9.96. The summed E-state index contributed by atoms with van der Waals surface area (Å²) in [6.07, 6.45) is 5.28. The summed E-state index contributed by atoms with van der Waals surface area (Å²) in [5.74, 6) is 1.33. The Morgan fingerprint density at radius 1 is 1.14 bits per heavy atom. The van der Waals surface area contributed by atoms with Crippen LogP contribution >= 0.6 is 0 Å². The first kappa shape index (κ1) is 18.5. The number of aromatic nitrogens is 4. The predicted molar refractivity (Wildman–Crippen MR) is 104 cm³/mol. The maximum Gasteiger partial charge on any atom is 0.135 e. The molecule has 7 heteroatoms. The van der Waals surface area contributed by atoms with Crippen LogP contribution in [0.15, 0.2) is 36.7 Å². The summed E-state index contributed by atoms with van der Waals surface area (Å²) in [6.45, 7) is 6.96.